The predicted molar refractivity (Wildman–Crippen MR) is 85.1 cm³/mol. The van der Waals surface area contributed by atoms with Crippen LogP contribution in [0.15, 0.2) is 39.5 Å². The molecule has 2 aromatic heterocycles. The lowest BCUT2D eigenvalue weighted by Gasteiger charge is -2.09. The average Bonchev–Trinajstić information content (AvgIpc) is 2.98. The number of imidazole rings is 1. The molecule has 5 heteroatoms. The van der Waals surface area contributed by atoms with Gasteiger partial charge in [-0.3, -0.25) is 0 Å². The first kappa shape index (κ1) is 13.2. The minimum Gasteiger partial charge on any atom is -0.322 e. The van der Waals surface area contributed by atoms with Gasteiger partial charge in [0, 0.05) is 4.47 Å². The van der Waals surface area contributed by atoms with Crippen LogP contribution in [0.3, 0.4) is 0 Å². The molecule has 2 heterocycles. The smallest absolute Gasteiger partial charge is 0.128 e. The molecule has 19 heavy (non-hydrogen) atoms. The van der Waals surface area contributed by atoms with Crippen LogP contribution in [0.25, 0.3) is 11.0 Å². The van der Waals surface area contributed by atoms with Gasteiger partial charge in [-0.15, -0.1) is 11.6 Å². The largest absolute Gasteiger partial charge is 0.322 e. The van der Waals surface area contributed by atoms with Gasteiger partial charge in [-0.1, -0.05) is 15.9 Å². The van der Waals surface area contributed by atoms with Crippen LogP contribution in [0.2, 0.25) is 0 Å². The quantitative estimate of drug-likeness (QED) is 0.590. The van der Waals surface area contributed by atoms with Crippen molar-refractivity contribution in [2.24, 2.45) is 0 Å². The maximum Gasteiger partial charge on any atom is 0.128 e. The van der Waals surface area contributed by atoms with E-state index >= 15 is 0 Å². The summed E-state index contributed by atoms with van der Waals surface area (Å²) >= 11 is 11.5. The predicted octanol–water partition coefficient (Wildman–Crippen LogP) is 5.21. The second-order valence-corrected chi connectivity index (χ2v) is 6.79. The maximum atomic E-state index is 6.27. The fourth-order valence-corrected chi connectivity index (χ4v) is 3.32. The third-order valence-electron chi connectivity index (χ3n) is 3.02. The lowest BCUT2D eigenvalue weighted by Crippen LogP contribution is -2.05. The zero-order chi connectivity index (χ0) is 13.4. The Morgan fingerprint density at radius 3 is 2.95 bits per heavy atom. The van der Waals surface area contributed by atoms with Crippen molar-refractivity contribution in [1.29, 1.82) is 0 Å². The number of nitrogens with zero attached hydrogens (tertiary/aromatic N) is 2. The van der Waals surface area contributed by atoms with E-state index in [1.165, 1.54) is 5.56 Å². The number of benzene rings is 1. The van der Waals surface area contributed by atoms with Crippen LogP contribution < -0.4 is 0 Å². The van der Waals surface area contributed by atoms with Gasteiger partial charge in [0.15, 0.2) is 0 Å². The average molecular weight is 356 g/mol. The number of thiophene rings is 1. The van der Waals surface area contributed by atoms with Crippen LogP contribution >= 0.6 is 38.9 Å². The van der Waals surface area contributed by atoms with E-state index in [-0.39, 0.29) is 5.38 Å². The standard InChI is InChI=1S/C14H12BrClN2S/c1-9(16)14-17-12-3-2-11(15)6-13(12)18(14)7-10-4-5-19-8-10/h2-6,8-9H,7H2,1H3. The second kappa shape index (κ2) is 5.27. The van der Waals surface area contributed by atoms with Gasteiger partial charge in [0.25, 0.3) is 0 Å². The van der Waals surface area contributed by atoms with E-state index in [2.05, 4.69) is 48.4 Å². The summed E-state index contributed by atoms with van der Waals surface area (Å²) in [6, 6.07) is 8.26. The number of aromatic nitrogens is 2. The molecule has 0 aliphatic rings. The van der Waals surface area contributed by atoms with Crippen molar-refractivity contribution < 1.29 is 0 Å². The highest BCUT2D eigenvalue weighted by molar-refractivity contribution is 9.10. The molecule has 0 bridgehead atoms. The van der Waals surface area contributed by atoms with E-state index in [4.69, 9.17) is 11.6 Å². The van der Waals surface area contributed by atoms with Crippen LogP contribution in [-0.4, -0.2) is 9.55 Å². The Bertz CT molecular complexity index is 704. The first-order valence-electron chi connectivity index (χ1n) is 5.96. The molecule has 2 nitrogen and oxygen atoms in total. The summed E-state index contributed by atoms with van der Waals surface area (Å²) in [6.45, 7) is 2.77. The van der Waals surface area contributed by atoms with Crippen LogP contribution in [0.5, 0.6) is 0 Å². The molecular formula is C14H12BrClN2S. The van der Waals surface area contributed by atoms with Crippen molar-refractivity contribution in [2.75, 3.05) is 0 Å². The third kappa shape index (κ3) is 2.57. The number of rotatable bonds is 3. The van der Waals surface area contributed by atoms with Crippen molar-refractivity contribution >= 4 is 49.9 Å². The molecule has 98 valence electrons. The lowest BCUT2D eigenvalue weighted by atomic mass is 10.3. The molecule has 0 saturated carbocycles. The van der Waals surface area contributed by atoms with Gasteiger partial charge >= 0.3 is 0 Å². The van der Waals surface area contributed by atoms with Crippen molar-refractivity contribution in [3.05, 3.63) is 50.9 Å². The fourth-order valence-electron chi connectivity index (χ4n) is 2.15. The van der Waals surface area contributed by atoms with Gasteiger partial charge < -0.3 is 4.57 Å². The Balaban J connectivity index is 2.18. The van der Waals surface area contributed by atoms with Crippen molar-refractivity contribution in [1.82, 2.24) is 9.55 Å². The van der Waals surface area contributed by atoms with Crippen molar-refractivity contribution in [3.63, 3.8) is 0 Å². The summed E-state index contributed by atoms with van der Waals surface area (Å²) in [4.78, 5) is 4.65. The number of halogens is 2. The summed E-state index contributed by atoms with van der Waals surface area (Å²) in [5.41, 5.74) is 3.38. The Morgan fingerprint density at radius 1 is 1.42 bits per heavy atom. The molecule has 3 aromatic rings. The molecular weight excluding hydrogens is 344 g/mol. The van der Waals surface area contributed by atoms with Crippen LogP contribution in [0.4, 0.5) is 0 Å². The lowest BCUT2D eigenvalue weighted by molar-refractivity contribution is 0.744. The Kier molecular flexibility index (Phi) is 3.65. The van der Waals surface area contributed by atoms with Gasteiger partial charge in [0.2, 0.25) is 0 Å². The molecule has 0 amide bonds. The first-order chi connectivity index (χ1) is 9.15. The van der Waals surface area contributed by atoms with E-state index in [9.17, 15) is 0 Å². The van der Waals surface area contributed by atoms with Crippen LogP contribution in [-0.2, 0) is 6.54 Å². The van der Waals surface area contributed by atoms with Crippen LogP contribution in [0, 0.1) is 0 Å². The summed E-state index contributed by atoms with van der Waals surface area (Å²) < 4.78 is 3.25. The van der Waals surface area contributed by atoms with Gasteiger partial charge in [0.05, 0.1) is 23.0 Å². The van der Waals surface area contributed by atoms with Gasteiger partial charge in [-0.25, -0.2) is 4.98 Å². The number of fused-ring (bicyclic) bond motifs is 1. The minimum atomic E-state index is -0.107. The number of alkyl halides is 1. The highest BCUT2D eigenvalue weighted by atomic mass is 79.9. The maximum absolute atomic E-state index is 6.27. The zero-order valence-corrected chi connectivity index (χ0v) is 13.5. The second-order valence-electron chi connectivity index (χ2n) is 4.44. The summed E-state index contributed by atoms with van der Waals surface area (Å²) in [5, 5.41) is 4.14. The Hall–Kier alpha value is -0.840. The molecule has 0 radical (unpaired) electrons. The van der Waals surface area contributed by atoms with Gasteiger partial charge in [0.1, 0.15) is 5.82 Å². The first-order valence-corrected chi connectivity index (χ1v) is 8.13. The minimum absolute atomic E-state index is 0.107. The van der Waals surface area contributed by atoms with Crippen LogP contribution in [0.1, 0.15) is 23.7 Å². The molecule has 0 fully saturated rings. The Labute approximate surface area is 129 Å². The molecule has 3 rings (SSSR count). The van der Waals surface area contributed by atoms with E-state index in [1.807, 2.05) is 19.1 Å². The monoisotopic (exact) mass is 354 g/mol. The summed E-state index contributed by atoms with van der Waals surface area (Å²) in [6.07, 6.45) is 0. The van der Waals surface area contributed by atoms with Crippen molar-refractivity contribution in [3.8, 4) is 0 Å². The Morgan fingerprint density at radius 2 is 2.26 bits per heavy atom. The molecule has 0 spiro atoms. The number of hydrogen-bond acceptors (Lipinski definition) is 2. The van der Waals surface area contributed by atoms with E-state index in [0.717, 1.165) is 27.9 Å². The van der Waals surface area contributed by atoms with Crippen molar-refractivity contribution in [2.45, 2.75) is 18.8 Å². The molecule has 1 atom stereocenters. The topological polar surface area (TPSA) is 17.8 Å². The van der Waals surface area contributed by atoms with E-state index < -0.39 is 0 Å². The normalized spacial score (nSPS) is 13.0. The van der Waals surface area contributed by atoms with E-state index in [0.29, 0.717) is 0 Å². The highest BCUT2D eigenvalue weighted by Gasteiger charge is 2.15. The third-order valence-corrected chi connectivity index (χ3v) is 4.44. The zero-order valence-electron chi connectivity index (χ0n) is 10.3. The fraction of sp³-hybridized carbons (Fsp3) is 0.214. The molecule has 0 aliphatic heterocycles. The molecule has 0 aliphatic carbocycles. The molecule has 0 saturated heterocycles. The van der Waals surface area contributed by atoms with Gasteiger partial charge in [-0.2, -0.15) is 11.3 Å². The summed E-state index contributed by atoms with van der Waals surface area (Å²) in [7, 11) is 0. The SMILES string of the molecule is CC(Cl)c1nc2ccc(Br)cc2n1Cc1ccsc1. The summed E-state index contributed by atoms with van der Waals surface area (Å²) in [5.74, 6) is 0.918. The molecule has 1 unspecified atom stereocenters. The van der Waals surface area contributed by atoms with E-state index in [1.54, 1.807) is 11.3 Å². The number of hydrogen-bond donors (Lipinski definition) is 0. The molecule has 0 N–H and O–H groups in total. The highest BCUT2D eigenvalue weighted by Crippen LogP contribution is 2.27. The molecule has 1 aromatic carbocycles. The van der Waals surface area contributed by atoms with Gasteiger partial charge in [-0.05, 0) is 47.5 Å².